The minimum Gasteiger partial charge on any atom is -0.493 e. The van der Waals surface area contributed by atoms with Crippen LogP contribution in [-0.4, -0.2) is 43.5 Å². The number of methoxy groups -OCH3 is 1. The van der Waals surface area contributed by atoms with Gasteiger partial charge in [-0.05, 0) is 44.9 Å². The summed E-state index contributed by atoms with van der Waals surface area (Å²) in [5, 5.41) is 14.6. The Hall–Kier alpha value is -1.95. The van der Waals surface area contributed by atoms with Crippen LogP contribution >= 0.6 is 0 Å². The third-order valence-corrected chi connectivity index (χ3v) is 3.07. The fraction of sp³-hybridized carbons (Fsp3) is 0.562. The van der Waals surface area contributed by atoms with Crippen molar-refractivity contribution in [2.75, 3.05) is 26.9 Å². The first-order valence-corrected chi connectivity index (χ1v) is 7.38. The summed E-state index contributed by atoms with van der Waals surface area (Å²) in [5.74, 6) is 1.40. The molecule has 3 N–H and O–H groups in total. The van der Waals surface area contributed by atoms with Gasteiger partial charge in [-0.15, -0.1) is 0 Å². The Labute approximate surface area is 131 Å². The van der Waals surface area contributed by atoms with E-state index < -0.39 is 5.54 Å². The number of carbonyl (C=O) groups is 1. The number of nitrogens with one attached hydrogen (secondary N) is 2. The third-order valence-electron chi connectivity index (χ3n) is 3.07. The van der Waals surface area contributed by atoms with E-state index in [1.807, 2.05) is 25.1 Å². The van der Waals surface area contributed by atoms with Crippen LogP contribution in [0.2, 0.25) is 0 Å². The van der Waals surface area contributed by atoms with Crippen molar-refractivity contribution in [3.05, 3.63) is 23.8 Å². The molecule has 0 aliphatic carbocycles. The number of hydrogen-bond donors (Lipinski definition) is 3. The van der Waals surface area contributed by atoms with Crippen LogP contribution in [0.4, 0.5) is 4.79 Å². The summed E-state index contributed by atoms with van der Waals surface area (Å²) >= 11 is 0. The van der Waals surface area contributed by atoms with Gasteiger partial charge in [0, 0.05) is 6.54 Å². The number of benzene rings is 1. The molecule has 0 spiro atoms. The van der Waals surface area contributed by atoms with Gasteiger partial charge in [0.15, 0.2) is 11.5 Å². The van der Waals surface area contributed by atoms with Crippen molar-refractivity contribution in [1.29, 1.82) is 0 Å². The van der Waals surface area contributed by atoms with Gasteiger partial charge in [0.25, 0.3) is 0 Å². The van der Waals surface area contributed by atoms with Gasteiger partial charge in [-0.2, -0.15) is 0 Å². The predicted molar refractivity (Wildman–Crippen MR) is 85.6 cm³/mol. The SMILES string of the molecule is CCOc1ccc(CCNC(=O)NC(C)(C)CO)cc1OC. The number of hydrogen-bond acceptors (Lipinski definition) is 4. The molecule has 1 aromatic rings. The molecule has 0 aromatic heterocycles. The Morgan fingerprint density at radius 3 is 2.64 bits per heavy atom. The van der Waals surface area contributed by atoms with Crippen LogP contribution in [0.5, 0.6) is 11.5 Å². The molecule has 0 saturated heterocycles. The molecule has 124 valence electrons. The van der Waals surface area contributed by atoms with Crippen molar-refractivity contribution in [1.82, 2.24) is 10.6 Å². The molecular weight excluding hydrogens is 284 g/mol. The first-order chi connectivity index (χ1) is 10.4. The van der Waals surface area contributed by atoms with Crippen molar-refractivity contribution in [2.24, 2.45) is 0 Å². The maximum atomic E-state index is 11.7. The highest BCUT2D eigenvalue weighted by Crippen LogP contribution is 2.28. The molecule has 0 aliphatic rings. The van der Waals surface area contributed by atoms with Crippen LogP contribution < -0.4 is 20.1 Å². The molecule has 6 heteroatoms. The molecule has 1 aromatic carbocycles. The minimum atomic E-state index is -0.632. The molecule has 1 rings (SSSR count). The second-order valence-corrected chi connectivity index (χ2v) is 5.59. The zero-order valence-corrected chi connectivity index (χ0v) is 13.7. The van der Waals surface area contributed by atoms with E-state index in [1.54, 1.807) is 21.0 Å². The van der Waals surface area contributed by atoms with Crippen molar-refractivity contribution in [2.45, 2.75) is 32.7 Å². The summed E-state index contributed by atoms with van der Waals surface area (Å²) in [6, 6.07) is 5.43. The van der Waals surface area contributed by atoms with Gasteiger partial charge in [-0.1, -0.05) is 6.07 Å². The molecule has 0 fully saturated rings. The standard InChI is InChI=1S/C16H26N2O4/c1-5-22-13-7-6-12(10-14(13)21-4)8-9-17-15(20)18-16(2,3)11-19/h6-7,10,19H,5,8-9,11H2,1-4H3,(H2,17,18,20). The van der Waals surface area contributed by atoms with Gasteiger partial charge in [0.1, 0.15) is 0 Å². The van der Waals surface area contributed by atoms with Crippen LogP contribution in [0, 0.1) is 0 Å². The van der Waals surface area contributed by atoms with E-state index in [0.717, 1.165) is 5.56 Å². The molecular formula is C16H26N2O4. The normalized spacial score (nSPS) is 11.0. The van der Waals surface area contributed by atoms with Crippen LogP contribution in [0.1, 0.15) is 26.3 Å². The van der Waals surface area contributed by atoms with Crippen LogP contribution in [-0.2, 0) is 6.42 Å². The van der Waals surface area contributed by atoms with E-state index in [-0.39, 0.29) is 12.6 Å². The summed E-state index contributed by atoms with van der Waals surface area (Å²) in [6.45, 7) is 6.39. The molecule has 0 aliphatic heterocycles. The van der Waals surface area contributed by atoms with Gasteiger partial charge in [-0.3, -0.25) is 0 Å². The summed E-state index contributed by atoms with van der Waals surface area (Å²) < 4.78 is 10.8. The Morgan fingerprint density at radius 1 is 1.32 bits per heavy atom. The van der Waals surface area contributed by atoms with Crippen molar-refractivity contribution >= 4 is 6.03 Å². The smallest absolute Gasteiger partial charge is 0.315 e. The maximum Gasteiger partial charge on any atom is 0.315 e. The zero-order valence-electron chi connectivity index (χ0n) is 13.7. The van der Waals surface area contributed by atoms with Crippen LogP contribution in [0.3, 0.4) is 0 Å². The topological polar surface area (TPSA) is 79.8 Å². The van der Waals surface area contributed by atoms with Gasteiger partial charge >= 0.3 is 6.03 Å². The lowest BCUT2D eigenvalue weighted by Gasteiger charge is -2.23. The highest BCUT2D eigenvalue weighted by atomic mass is 16.5. The number of aliphatic hydroxyl groups is 1. The van der Waals surface area contributed by atoms with E-state index in [4.69, 9.17) is 14.6 Å². The average molecular weight is 310 g/mol. The maximum absolute atomic E-state index is 11.7. The highest BCUT2D eigenvalue weighted by molar-refractivity contribution is 5.74. The Balaban J connectivity index is 2.50. The number of rotatable bonds is 8. The molecule has 0 saturated carbocycles. The van der Waals surface area contributed by atoms with E-state index in [1.165, 1.54) is 0 Å². The van der Waals surface area contributed by atoms with Crippen molar-refractivity contribution in [3.8, 4) is 11.5 Å². The number of amides is 2. The molecule has 22 heavy (non-hydrogen) atoms. The largest absolute Gasteiger partial charge is 0.493 e. The Bertz CT molecular complexity index is 489. The molecule has 0 bridgehead atoms. The first kappa shape index (κ1) is 18.1. The Morgan fingerprint density at radius 2 is 2.05 bits per heavy atom. The second kappa shape index (κ2) is 8.48. The minimum absolute atomic E-state index is 0.115. The number of ether oxygens (including phenoxy) is 2. The number of carbonyl (C=O) groups excluding carboxylic acids is 1. The second-order valence-electron chi connectivity index (χ2n) is 5.59. The Kier molecular flexibility index (Phi) is 6.98. The average Bonchev–Trinajstić information content (AvgIpc) is 2.48. The number of aliphatic hydroxyl groups excluding tert-OH is 1. The van der Waals surface area contributed by atoms with Gasteiger partial charge < -0.3 is 25.2 Å². The summed E-state index contributed by atoms with van der Waals surface area (Å²) in [6.07, 6.45) is 0.676. The fourth-order valence-electron chi connectivity index (χ4n) is 1.85. The van der Waals surface area contributed by atoms with Crippen LogP contribution in [0.25, 0.3) is 0 Å². The van der Waals surface area contributed by atoms with Crippen molar-refractivity contribution < 1.29 is 19.4 Å². The highest BCUT2D eigenvalue weighted by Gasteiger charge is 2.18. The molecule has 6 nitrogen and oxygen atoms in total. The summed E-state index contributed by atoms with van der Waals surface area (Å²) in [7, 11) is 1.60. The van der Waals surface area contributed by atoms with E-state index in [9.17, 15) is 4.79 Å². The van der Waals surface area contributed by atoms with Crippen molar-refractivity contribution in [3.63, 3.8) is 0 Å². The summed E-state index contributed by atoms with van der Waals surface area (Å²) in [5.41, 5.74) is 0.411. The first-order valence-electron chi connectivity index (χ1n) is 7.38. The molecule has 0 radical (unpaired) electrons. The van der Waals surface area contributed by atoms with E-state index in [2.05, 4.69) is 10.6 Å². The lowest BCUT2D eigenvalue weighted by Crippen LogP contribution is -2.50. The lowest BCUT2D eigenvalue weighted by molar-refractivity contribution is 0.182. The zero-order chi connectivity index (χ0) is 16.6. The third kappa shape index (κ3) is 5.81. The van der Waals surface area contributed by atoms with Gasteiger partial charge in [-0.25, -0.2) is 4.79 Å². The molecule has 0 atom stereocenters. The fourth-order valence-corrected chi connectivity index (χ4v) is 1.85. The van der Waals surface area contributed by atoms with Crippen LogP contribution in [0.15, 0.2) is 18.2 Å². The van der Waals surface area contributed by atoms with Gasteiger partial charge in [0.2, 0.25) is 0 Å². The quantitative estimate of drug-likeness (QED) is 0.683. The van der Waals surface area contributed by atoms with E-state index in [0.29, 0.717) is 31.1 Å². The molecule has 2 amide bonds. The molecule has 0 unspecified atom stereocenters. The lowest BCUT2D eigenvalue weighted by atomic mass is 10.1. The molecule has 0 heterocycles. The van der Waals surface area contributed by atoms with E-state index >= 15 is 0 Å². The monoisotopic (exact) mass is 310 g/mol. The predicted octanol–water partition coefficient (Wildman–Crippen LogP) is 1.71. The summed E-state index contributed by atoms with van der Waals surface area (Å²) in [4.78, 5) is 11.7. The van der Waals surface area contributed by atoms with Gasteiger partial charge in [0.05, 0.1) is 25.9 Å². The number of urea groups is 1.